The molecule has 0 fully saturated rings. The minimum Gasteiger partial charge on any atom is -0.497 e. The molecule has 2 atom stereocenters. The van der Waals surface area contributed by atoms with Gasteiger partial charge in [-0.2, -0.15) is 11.8 Å². The first-order chi connectivity index (χ1) is 10.1. The van der Waals surface area contributed by atoms with Gasteiger partial charge >= 0.3 is 5.97 Å². The monoisotopic (exact) mass is 313 g/mol. The Hall–Kier alpha value is -1.73. The molecule has 0 bridgehead atoms. The maximum absolute atomic E-state index is 10.8. The second-order valence-electron chi connectivity index (χ2n) is 4.33. The SMILES string of the molecule is COc1cccc(C(O)CSCCC(NC=O)C(=O)O)c1. The molecule has 0 aliphatic heterocycles. The molecule has 0 aromatic heterocycles. The van der Waals surface area contributed by atoms with Crippen LogP contribution in [0.15, 0.2) is 24.3 Å². The Labute approximate surface area is 127 Å². The molecule has 1 aromatic carbocycles. The van der Waals surface area contributed by atoms with E-state index < -0.39 is 18.1 Å². The van der Waals surface area contributed by atoms with Gasteiger partial charge in [-0.1, -0.05) is 12.1 Å². The molecule has 3 N–H and O–H groups in total. The molecule has 0 saturated heterocycles. The lowest BCUT2D eigenvalue weighted by Gasteiger charge is -2.13. The van der Waals surface area contributed by atoms with Crippen LogP contribution in [0.2, 0.25) is 0 Å². The van der Waals surface area contributed by atoms with Crippen molar-refractivity contribution in [1.82, 2.24) is 5.32 Å². The Balaban J connectivity index is 2.37. The number of rotatable bonds is 10. The Morgan fingerprint density at radius 2 is 2.29 bits per heavy atom. The van der Waals surface area contributed by atoms with E-state index in [1.807, 2.05) is 6.07 Å². The Morgan fingerprint density at radius 3 is 2.90 bits per heavy atom. The van der Waals surface area contributed by atoms with Gasteiger partial charge in [-0.25, -0.2) is 4.79 Å². The zero-order chi connectivity index (χ0) is 15.7. The lowest BCUT2D eigenvalue weighted by atomic mass is 10.1. The maximum atomic E-state index is 10.8. The van der Waals surface area contributed by atoms with E-state index in [0.29, 0.717) is 30.1 Å². The fourth-order valence-electron chi connectivity index (χ4n) is 1.70. The van der Waals surface area contributed by atoms with Gasteiger partial charge in [0.15, 0.2) is 0 Å². The molecule has 1 aromatic rings. The summed E-state index contributed by atoms with van der Waals surface area (Å²) >= 11 is 1.43. The predicted octanol–water partition coefficient (Wildman–Crippen LogP) is 1.05. The van der Waals surface area contributed by atoms with E-state index in [1.54, 1.807) is 25.3 Å². The molecular formula is C14H19NO5S. The molecule has 0 spiro atoms. The molecule has 21 heavy (non-hydrogen) atoms. The first-order valence-corrected chi connectivity index (χ1v) is 7.56. The highest BCUT2D eigenvalue weighted by Gasteiger charge is 2.16. The number of ether oxygens (including phenoxy) is 1. The van der Waals surface area contributed by atoms with E-state index in [4.69, 9.17) is 9.84 Å². The van der Waals surface area contributed by atoms with Crippen LogP contribution in [0.25, 0.3) is 0 Å². The van der Waals surface area contributed by atoms with Crippen molar-refractivity contribution in [3.05, 3.63) is 29.8 Å². The molecule has 6 nitrogen and oxygen atoms in total. The number of hydrogen-bond donors (Lipinski definition) is 3. The van der Waals surface area contributed by atoms with Crippen LogP contribution in [0, 0.1) is 0 Å². The Morgan fingerprint density at radius 1 is 1.52 bits per heavy atom. The minimum absolute atomic E-state index is 0.309. The van der Waals surface area contributed by atoms with E-state index in [-0.39, 0.29) is 0 Å². The number of aliphatic carboxylic acids is 1. The zero-order valence-electron chi connectivity index (χ0n) is 11.7. The molecule has 0 aliphatic carbocycles. The third-order valence-electron chi connectivity index (χ3n) is 2.87. The molecule has 0 aliphatic rings. The van der Waals surface area contributed by atoms with Crippen LogP contribution in [0.1, 0.15) is 18.1 Å². The first kappa shape index (κ1) is 17.3. The molecule has 0 heterocycles. The quantitative estimate of drug-likeness (QED) is 0.441. The average molecular weight is 313 g/mol. The minimum atomic E-state index is -1.06. The lowest BCUT2D eigenvalue weighted by molar-refractivity contribution is -0.140. The second kappa shape index (κ2) is 9.25. The molecule has 7 heteroatoms. The number of amides is 1. The van der Waals surface area contributed by atoms with Crippen LogP contribution in [0.3, 0.4) is 0 Å². The molecule has 0 radical (unpaired) electrons. The number of nitrogens with one attached hydrogen (secondary N) is 1. The third-order valence-corrected chi connectivity index (χ3v) is 3.95. The van der Waals surface area contributed by atoms with E-state index in [2.05, 4.69) is 5.32 Å². The lowest BCUT2D eigenvalue weighted by Crippen LogP contribution is -2.36. The van der Waals surface area contributed by atoms with Gasteiger partial charge in [-0.3, -0.25) is 4.79 Å². The molecule has 1 amide bonds. The summed E-state index contributed by atoms with van der Waals surface area (Å²) in [5.41, 5.74) is 0.752. The molecular weight excluding hydrogens is 294 g/mol. The molecule has 2 unspecified atom stereocenters. The number of carboxylic acids is 1. The number of carbonyl (C=O) groups excluding carboxylic acids is 1. The number of carboxylic acid groups (broad SMARTS) is 1. The van der Waals surface area contributed by atoms with Crippen LogP contribution in [-0.2, 0) is 9.59 Å². The highest BCUT2D eigenvalue weighted by molar-refractivity contribution is 7.99. The van der Waals surface area contributed by atoms with Crippen molar-refractivity contribution in [2.24, 2.45) is 0 Å². The highest BCUT2D eigenvalue weighted by atomic mass is 32.2. The maximum Gasteiger partial charge on any atom is 0.326 e. The van der Waals surface area contributed by atoms with Gasteiger partial charge in [-0.15, -0.1) is 0 Å². The van der Waals surface area contributed by atoms with Crippen molar-refractivity contribution in [2.45, 2.75) is 18.6 Å². The van der Waals surface area contributed by atoms with Crippen LogP contribution in [0.4, 0.5) is 0 Å². The van der Waals surface area contributed by atoms with Crippen molar-refractivity contribution in [3.63, 3.8) is 0 Å². The van der Waals surface area contributed by atoms with Gasteiger partial charge in [0.25, 0.3) is 0 Å². The first-order valence-electron chi connectivity index (χ1n) is 6.40. The van der Waals surface area contributed by atoms with Crippen molar-refractivity contribution in [1.29, 1.82) is 0 Å². The summed E-state index contributed by atoms with van der Waals surface area (Å²) in [6, 6.07) is 6.28. The van der Waals surface area contributed by atoms with E-state index in [0.717, 1.165) is 5.56 Å². The summed E-state index contributed by atoms with van der Waals surface area (Å²) in [6.07, 6.45) is 0.0467. The van der Waals surface area contributed by atoms with Crippen LogP contribution in [-0.4, -0.2) is 47.2 Å². The van der Waals surface area contributed by atoms with Crippen molar-refractivity contribution >= 4 is 24.1 Å². The second-order valence-corrected chi connectivity index (χ2v) is 5.48. The molecule has 116 valence electrons. The van der Waals surface area contributed by atoms with Gasteiger partial charge in [0.2, 0.25) is 6.41 Å². The van der Waals surface area contributed by atoms with Gasteiger partial charge in [-0.05, 0) is 29.9 Å². The number of aliphatic hydroxyl groups excluding tert-OH is 1. The Kier molecular flexibility index (Phi) is 7.63. The highest BCUT2D eigenvalue weighted by Crippen LogP contribution is 2.22. The van der Waals surface area contributed by atoms with Gasteiger partial charge in [0, 0.05) is 5.75 Å². The number of methoxy groups -OCH3 is 1. The van der Waals surface area contributed by atoms with Crippen molar-refractivity contribution < 1.29 is 24.5 Å². The molecule has 1 rings (SSSR count). The van der Waals surface area contributed by atoms with Gasteiger partial charge in [0.1, 0.15) is 11.8 Å². The van der Waals surface area contributed by atoms with E-state index in [9.17, 15) is 14.7 Å². The molecule has 0 saturated carbocycles. The van der Waals surface area contributed by atoms with Crippen LogP contribution >= 0.6 is 11.8 Å². The summed E-state index contributed by atoms with van der Waals surface area (Å²) < 4.78 is 5.09. The third kappa shape index (κ3) is 6.05. The fourth-order valence-corrected chi connectivity index (χ4v) is 2.69. The summed E-state index contributed by atoms with van der Waals surface area (Å²) in [5.74, 6) is 0.591. The predicted molar refractivity (Wildman–Crippen MR) is 80.5 cm³/mol. The van der Waals surface area contributed by atoms with E-state index >= 15 is 0 Å². The summed E-state index contributed by atoms with van der Waals surface area (Å²) in [4.78, 5) is 21.1. The number of thioether (sulfide) groups is 1. The number of aliphatic hydroxyl groups is 1. The van der Waals surface area contributed by atoms with Crippen molar-refractivity contribution in [2.75, 3.05) is 18.6 Å². The average Bonchev–Trinajstić information content (AvgIpc) is 2.49. The standard InChI is InChI=1S/C14H19NO5S/c1-20-11-4-2-3-10(7-11)13(17)8-21-6-5-12(14(18)19)15-9-16/h2-4,7,9,12-13,17H,5-6,8H2,1H3,(H,15,16)(H,18,19). The van der Waals surface area contributed by atoms with Gasteiger partial charge in [0.05, 0.1) is 13.2 Å². The summed E-state index contributed by atoms with van der Waals surface area (Å²) in [7, 11) is 1.56. The van der Waals surface area contributed by atoms with Gasteiger partial charge < -0.3 is 20.3 Å². The van der Waals surface area contributed by atoms with Crippen molar-refractivity contribution in [3.8, 4) is 5.75 Å². The number of carbonyl (C=O) groups is 2. The smallest absolute Gasteiger partial charge is 0.326 e. The Bertz CT molecular complexity index is 468. The summed E-state index contributed by atoms with van der Waals surface area (Å²) in [6.45, 7) is 0. The zero-order valence-corrected chi connectivity index (χ0v) is 12.5. The van der Waals surface area contributed by atoms with Crippen LogP contribution in [0.5, 0.6) is 5.75 Å². The van der Waals surface area contributed by atoms with E-state index in [1.165, 1.54) is 11.8 Å². The number of hydrogen-bond acceptors (Lipinski definition) is 5. The largest absolute Gasteiger partial charge is 0.497 e. The summed E-state index contributed by atoms with van der Waals surface area (Å²) in [5, 5.41) is 21.2. The number of benzene rings is 1. The van der Waals surface area contributed by atoms with Crippen LogP contribution < -0.4 is 10.1 Å². The normalized spacial score (nSPS) is 13.2. The fraction of sp³-hybridized carbons (Fsp3) is 0.429. The topological polar surface area (TPSA) is 95.9 Å².